The molecule has 0 aromatic heterocycles. The van der Waals surface area contributed by atoms with Crippen molar-refractivity contribution in [1.29, 1.82) is 0 Å². The Morgan fingerprint density at radius 3 is 2.50 bits per heavy atom. The average Bonchev–Trinajstić information content (AvgIpc) is 2.72. The molecule has 1 amide bonds. The molecule has 8 heteroatoms. The fourth-order valence-electron chi connectivity index (χ4n) is 3.41. The lowest BCUT2D eigenvalue weighted by molar-refractivity contribution is -0.683. The summed E-state index contributed by atoms with van der Waals surface area (Å²) in [5.41, 5.74) is 1.73. The standard InChI is InChI=1S/C20H23ClN4O3/c1-15(16-5-3-2-4-6-16)22-14-20(26)24-11-9-23(10-12-24)18-8-7-17(21)13-19(18)25(27)28/h2-8,13,15,22H,9-12,14H2,1H3/p+1/t15-/m1/s1. The van der Waals surface area contributed by atoms with Crippen LogP contribution in [0.1, 0.15) is 18.5 Å². The largest absolute Gasteiger partial charge is 0.362 e. The van der Waals surface area contributed by atoms with Crippen molar-refractivity contribution in [1.82, 2.24) is 4.90 Å². The highest BCUT2D eigenvalue weighted by Crippen LogP contribution is 2.31. The van der Waals surface area contributed by atoms with Crippen molar-refractivity contribution in [2.75, 3.05) is 37.6 Å². The zero-order valence-corrected chi connectivity index (χ0v) is 16.5. The number of rotatable bonds is 6. The van der Waals surface area contributed by atoms with Gasteiger partial charge in [-0.05, 0) is 19.1 Å². The van der Waals surface area contributed by atoms with E-state index in [-0.39, 0.29) is 17.6 Å². The molecule has 28 heavy (non-hydrogen) atoms. The third kappa shape index (κ3) is 4.79. The van der Waals surface area contributed by atoms with Gasteiger partial charge in [-0.2, -0.15) is 0 Å². The first kappa shape index (κ1) is 20.1. The van der Waals surface area contributed by atoms with E-state index in [1.807, 2.05) is 33.3 Å². The maximum atomic E-state index is 12.5. The summed E-state index contributed by atoms with van der Waals surface area (Å²) in [6.45, 7) is 4.68. The van der Waals surface area contributed by atoms with Crippen molar-refractivity contribution in [2.24, 2.45) is 0 Å². The van der Waals surface area contributed by atoms with Crippen molar-refractivity contribution >= 4 is 28.9 Å². The minimum absolute atomic E-state index is 0.00250. The number of quaternary nitrogens is 1. The first-order valence-electron chi connectivity index (χ1n) is 9.30. The molecule has 2 aromatic rings. The zero-order chi connectivity index (χ0) is 20.1. The van der Waals surface area contributed by atoms with E-state index in [1.54, 1.807) is 12.1 Å². The molecule has 2 aromatic carbocycles. The van der Waals surface area contributed by atoms with E-state index in [0.29, 0.717) is 43.4 Å². The third-order valence-electron chi connectivity index (χ3n) is 5.08. The molecule has 1 aliphatic heterocycles. The summed E-state index contributed by atoms with van der Waals surface area (Å²) in [6, 6.07) is 15.0. The molecular weight excluding hydrogens is 380 g/mol. The van der Waals surface area contributed by atoms with E-state index in [0.717, 1.165) is 0 Å². The Balaban J connectivity index is 1.54. The Bertz CT molecular complexity index is 839. The van der Waals surface area contributed by atoms with E-state index in [2.05, 4.69) is 19.1 Å². The number of hydrogen-bond acceptors (Lipinski definition) is 4. The van der Waals surface area contributed by atoms with E-state index in [4.69, 9.17) is 11.6 Å². The smallest absolute Gasteiger partial charge is 0.294 e. The van der Waals surface area contributed by atoms with Gasteiger partial charge in [-0.25, -0.2) is 0 Å². The van der Waals surface area contributed by atoms with Crippen LogP contribution in [-0.4, -0.2) is 48.5 Å². The molecule has 0 unspecified atom stereocenters. The molecular formula is C20H24ClN4O3+. The molecule has 1 heterocycles. The molecule has 0 radical (unpaired) electrons. The summed E-state index contributed by atoms with van der Waals surface area (Å²) in [5, 5.41) is 13.7. The normalized spacial score (nSPS) is 15.4. The van der Waals surface area contributed by atoms with Gasteiger partial charge in [0.1, 0.15) is 11.7 Å². The molecule has 2 N–H and O–H groups in total. The molecule has 1 fully saturated rings. The van der Waals surface area contributed by atoms with Crippen molar-refractivity contribution in [3.05, 3.63) is 69.2 Å². The predicted octanol–water partition coefficient (Wildman–Crippen LogP) is 2.22. The zero-order valence-electron chi connectivity index (χ0n) is 15.8. The first-order valence-corrected chi connectivity index (χ1v) is 9.68. The molecule has 7 nitrogen and oxygen atoms in total. The Morgan fingerprint density at radius 2 is 1.86 bits per heavy atom. The van der Waals surface area contributed by atoms with Gasteiger partial charge in [0.15, 0.2) is 6.54 Å². The number of piperazine rings is 1. The summed E-state index contributed by atoms with van der Waals surface area (Å²) in [6.07, 6.45) is 0. The fourth-order valence-corrected chi connectivity index (χ4v) is 3.57. The van der Waals surface area contributed by atoms with Crippen molar-refractivity contribution in [3.63, 3.8) is 0 Å². The van der Waals surface area contributed by atoms with E-state index >= 15 is 0 Å². The van der Waals surface area contributed by atoms with Gasteiger partial charge in [0.25, 0.3) is 11.6 Å². The van der Waals surface area contributed by atoms with Gasteiger partial charge in [-0.15, -0.1) is 0 Å². The molecule has 148 valence electrons. The lowest BCUT2D eigenvalue weighted by Gasteiger charge is -2.35. The number of carbonyl (C=O) groups is 1. The molecule has 1 atom stereocenters. The van der Waals surface area contributed by atoms with Gasteiger partial charge in [-0.1, -0.05) is 41.9 Å². The Hall–Kier alpha value is -2.64. The van der Waals surface area contributed by atoms with Crippen LogP contribution in [0.4, 0.5) is 11.4 Å². The second-order valence-electron chi connectivity index (χ2n) is 6.90. The monoisotopic (exact) mass is 403 g/mol. The topological polar surface area (TPSA) is 83.3 Å². The van der Waals surface area contributed by atoms with Gasteiger partial charge in [0.2, 0.25) is 0 Å². The Kier molecular flexibility index (Phi) is 6.49. The fraction of sp³-hybridized carbons (Fsp3) is 0.350. The molecule has 0 saturated carbocycles. The quantitative estimate of drug-likeness (QED) is 0.592. The highest BCUT2D eigenvalue weighted by atomic mass is 35.5. The molecule has 1 aliphatic rings. The minimum atomic E-state index is -0.418. The molecule has 0 aliphatic carbocycles. The Morgan fingerprint density at radius 1 is 1.18 bits per heavy atom. The third-order valence-corrected chi connectivity index (χ3v) is 5.31. The summed E-state index contributed by atoms with van der Waals surface area (Å²) >= 11 is 5.89. The van der Waals surface area contributed by atoms with Crippen LogP contribution in [-0.2, 0) is 4.79 Å². The highest BCUT2D eigenvalue weighted by molar-refractivity contribution is 6.30. The Labute approximate surface area is 169 Å². The van der Waals surface area contributed by atoms with Crippen LogP contribution in [0.25, 0.3) is 0 Å². The van der Waals surface area contributed by atoms with Gasteiger partial charge in [0, 0.05) is 42.8 Å². The average molecular weight is 404 g/mol. The van der Waals surface area contributed by atoms with Crippen LogP contribution in [0.3, 0.4) is 0 Å². The van der Waals surface area contributed by atoms with Crippen LogP contribution in [0.15, 0.2) is 48.5 Å². The summed E-state index contributed by atoms with van der Waals surface area (Å²) in [7, 11) is 0. The number of amides is 1. The number of carbonyl (C=O) groups excluding carboxylic acids is 1. The van der Waals surface area contributed by atoms with E-state index < -0.39 is 4.92 Å². The molecule has 0 bridgehead atoms. The molecule has 0 spiro atoms. The number of halogens is 1. The lowest BCUT2D eigenvalue weighted by atomic mass is 10.1. The van der Waals surface area contributed by atoms with Crippen LogP contribution >= 0.6 is 11.6 Å². The second-order valence-corrected chi connectivity index (χ2v) is 7.33. The minimum Gasteiger partial charge on any atom is -0.362 e. The van der Waals surface area contributed by atoms with Gasteiger partial charge in [-0.3, -0.25) is 14.9 Å². The van der Waals surface area contributed by atoms with Crippen LogP contribution in [0.2, 0.25) is 5.02 Å². The number of nitrogens with zero attached hydrogens (tertiary/aromatic N) is 3. The summed E-state index contributed by atoms with van der Waals surface area (Å²) in [4.78, 5) is 27.2. The van der Waals surface area contributed by atoms with Gasteiger partial charge >= 0.3 is 0 Å². The maximum Gasteiger partial charge on any atom is 0.294 e. The van der Waals surface area contributed by atoms with E-state index in [9.17, 15) is 14.9 Å². The summed E-state index contributed by atoms with van der Waals surface area (Å²) < 4.78 is 0. The van der Waals surface area contributed by atoms with Crippen molar-refractivity contribution < 1.29 is 15.0 Å². The number of anilines is 1. The molecule has 3 rings (SSSR count). The van der Waals surface area contributed by atoms with Gasteiger partial charge < -0.3 is 15.1 Å². The van der Waals surface area contributed by atoms with Crippen LogP contribution in [0, 0.1) is 10.1 Å². The number of nitro groups is 1. The van der Waals surface area contributed by atoms with E-state index in [1.165, 1.54) is 11.6 Å². The lowest BCUT2D eigenvalue weighted by Crippen LogP contribution is -2.87. The SMILES string of the molecule is C[C@@H]([NH2+]CC(=O)N1CCN(c2ccc(Cl)cc2[N+](=O)[O-])CC1)c1ccccc1. The van der Waals surface area contributed by atoms with Crippen molar-refractivity contribution in [2.45, 2.75) is 13.0 Å². The predicted molar refractivity (Wildman–Crippen MR) is 109 cm³/mol. The highest BCUT2D eigenvalue weighted by Gasteiger charge is 2.26. The van der Waals surface area contributed by atoms with Crippen molar-refractivity contribution in [3.8, 4) is 0 Å². The van der Waals surface area contributed by atoms with Crippen LogP contribution in [0.5, 0.6) is 0 Å². The van der Waals surface area contributed by atoms with Crippen LogP contribution < -0.4 is 10.2 Å². The number of nitrogens with two attached hydrogens (primary N) is 1. The maximum absolute atomic E-state index is 12.5. The summed E-state index contributed by atoms with van der Waals surface area (Å²) in [5.74, 6) is 0.0908. The number of nitro benzene ring substituents is 1. The van der Waals surface area contributed by atoms with Gasteiger partial charge in [0.05, 0.1) is 4.92 Å². The first-order chi connectivity index (χ1) is 13.5. The number of hydrogen-bond donors (Lipinski definition) is 1. The molecule has 1 saturated heterocycles. The number of benzene rings is 2. The second kappa shape index (κ2) is 9.03.